The first-order valence-corrected chi connectivity index (χ1v) is 12.7. The second-order valence-corrected chi connectivity index (χ2v) is 9.92. The average Bonchev–Trinajstić information content (AvgIpc) is 3.43. The molecule has 0 N–H and O–H groups in total. The van der Waals surface area contributed by atoms with E-state index < -0.39 is 5.54 Å². The molecule has 1 aromatic carbocycles. The van der Waals surface area contributed by atoms with Crippen LogP contribution >= 0.6 is 11.3 Å². The molecular weight excluding hydrogens is 462 g/mol. The molecule has 3 aromatic rings. The summed E-state index contributed by atoms with van der Waals surface area (Å²) in [6.45, 7) is 3.23. The standard InChI is InChI=1S/C26H29N5O3S/c1-34-15-14-31-25(33)30(17-20-6-5-11-27-16-20)24(32)26(31)9-12-29(13-10-26)18-23-28-22(19-35-23)21-7-3-2-4-8-21/h2-8,11,16,19H,9-10,12-15,17-18H2,1H3. The number of carbonyl (C=O) groups is 2. The largest absolute Gasteiger partial charge is 0.383 e. The summed E-state index contributed by atoms with van der Waals surface area (Å²) in [5.41, 5.74) is 2.14. The van der Waals surface area contributed by atoms with Gasteiger partial charge in [-0.3, -0.25) is 19.6 Å². The highest BCUT2D eigenvalue weighted by atomic mass is 32.1. The lowest BCUT2D eigenvalue weighted by Gasteiger charge is -2.42. The number of hydrogen-bond acceptors (Lipinski definition) is 7. The van der Waals surface area contributed by atoms with E-state index in [0.717, 1.165) is 41.5 Å². The van der Waals surface area contributed by atoms with Gasteiger partial charge in [0.25, 0.3) is 5.91 Å². The molecular formula is C26H29N5O3S. The van der Waals surface area contributed by atoms with Crippen LogP contribution in [0.4, 0.5) is 4.79 Å². The first kappa shape index (κ1) is 23.6. The number of urea groups is 1. The topological polar surface area (TPSA) is 78.9 Å². The summed E-state index contributed by atoms with van der Waals surface area (Å²) < 4.78 is 5.26. The van der Waals surface area contributed by atoms with E-state index in [1.54, 1.807) is 35.7 Å². The molecule has 2 fully saturated rings. The number of ether oxygens (including phenoxy) is 1. The summed E-state index contributed by atoms with van der Waals surface area (Å²) in [6, 6.07) is 13.6. The Bertz CT molecular complexity index is 1160. The van der Waals surface area contributed by atoms with Crippen molar-refractivity contribution in [3.05, 3.63) is 70.8 Å². The minimum atomic E-state index is -0.813. The van der Waals surface area contributed by atoms with Gasteiger partial charge in [-0.25, -0.2) is 9.78 Å². The SMILES string of the molecule is COCCN1C(=O)N(Cc2cccnc2)C(=O)C12CCN(Cc1nc(-c3ccccc3)cs1)CC2. The maximum absolute atomic E-state index is 13.7. The highest BCUT2D eigenvalue weighted by Crippen LogP contribution is 2.38. The number of carbonyl (C=O) groups excluding carboxylic acids is 2. The predicted molar refractivity (Wildman–Crippen MR) is 134 cm³/mol. The second-order valence-electron chi connectivity index (χ2n) is 8.98. The molecule has 0 radical (unpaired) electrons. The number of aromatic nitrogens is 2. The quantitative estimate of drug-likeness (QED) is 0.448. The van der Waals surface area contributed by atoms with Crippen LogP contribution in [0.3, 0.4) is 0 Å². The maximum Gasteiger partial charge on any atom is 0.328 e. The van der Waals surface area contributed by atoms with Gasteiger partial charge in [0.1, 0.15) is 10.5 Å². The number of benzene rings is 1. The Morgan fingerprint density at radius 2 is 1.86 bits per heavy atom. The number of methoxy groups -OCH3 is 1. The van der Waals surface area contributed by atoms with Crippen LogP contribution in [0.1, 0.15) is 23.4 Å². The van der Waals surface area contributed by atoms with E-state index >= 15 is 0 Å². The number of rotatable bonds is 8. The van der Waals surface area contributed by atoms with Crippen molar-refractivity contribution in [3.8, 4) is 11.3 Å². The number of imide groups is 1. The lowest BCUT2D eigenvalue weighted by atomic mass is 9.85. The number of thiazole rings is 1. The Morgan fingerprint density at radius 1 is 1.06 bits per heavy atom. The third-order valence-electron chi connectivity index (χ3n) is 6.87. The molecule has 2 aliphatic rings. The minimum absolute atomic E-state index is 0.109. The molecule has 2 saturated heterocycles. The molecule has 2 aromatic heterocycles. The summed E-state index contributed by atoms with van der Waals surface area (Å²) in [4.78, 5) is 41.4. The van der Waals surface area contributed by atoms with Crippen molar-refractivity contribution in [3.63, 3.8) is 0 Å². The molecule has 1 spiro atoms. The molecule has 0 saturated carbocycles. The van der Waals surface area contributed by atoms with Crippen molar-refractivity contribution in [1.29, 1.82) is 0 Å². The van der Waals surface area contributed by atoms with E-state index in [-0.39, 0.29) is 18.5 Å². The summed E-state index contributed by atoms with van der Waals surface area (Å²) in [5, 5.41) is 3.15. The molecule has 2 aliphatic heterocycles. The summed E-state index contributed by atoms with van der Waals surface area (Å²) in [7, 11) is 1.61. The van der Waals surface area contributed by atoms with E-state index in [1.165, 1.54) is 4.90 Å². The molecule has 0 bridgehead atoms. The van der Waals surface area contributed by atoms with Gasteiger partial charge in [-0.05, 0) is 24.5 Å². The molecule has 4 heterocycles. The van der Waals surface area contributed by atoms with E-state index in [9.17, 15) is 9.59 Å². The van der Waals surface area contributed by atoms with Gasteiger partial charge in [0.15, 0.2) is 0 Å². The number of piperidine rings is 1. The van der Waals surface area contributed by atoms with Crippen molar-refractivity contribution >= 4 is 23.3 Å². The van der Waals surface area contributed by atoms with Crippen LogP contribution in [0.2, 0.25) is 0 Å². The third kappa shape index (κ3) is 4.71. The van der Waals surface area contributed by atoms with Crippen molar-refractivity contribution in [2.45, 2.75) is 31.5 Å². The first-order valence-electron chi connectivity index (χ1n) is 11.8. The van der Waals surface area contributed by atoms with Gasteiger partial charge in [0.05, 0.1) is 25.4 Å². The van der Waals surface area contributed by atoms with Crippen LogP contribution in [-0.2, 0) is 22.6 Å². The van der Waals surface area contributed by atoms with E-state index in [1.807, 2.05) is 30.3 Å². The fraction of sp³-hybridized carbons (Fsp3) is 0.385. The van der Waals surface area contributed by atoms with Crippen LogP contribution in [0.15, 0.2) is 60.2 Å². The lowest BCUT2D eigenvalue weighted by molar-refractivity contribution is -0.136. The van der Waals surface area contributed by atoms with Crippen LogP contribution in [0.5, 0.6) is 0 Å². The fourth-order valence-electron chi connectivity index (χ4n) is 4.97. The van der Waals surface area contributed by atoms with E-state index in [4.69, 9.17) is 9.72 Å². The van der Waals surface area contributed by atoms with Crippen LogP contribution < -0.4 is 0 Å². The molecule has 0 atom stereocenters. The van der Waals surface area contributed by atoms with E-state index in [2.05, 4.69) is 27.4 Å². The van der Waals surface area contributed by atoms with Gasteiger partial charge in [0.2, 0.25) is 0 Å². The monoisotopic (exact) mass is 491 g/mol. The van der Waals surface area contributed by atoms with Crippen LogP contribution in [0, 0.1) is 0 Å². The Hall–Kier alpha value is -3.14. The molecule has 9 heteroatoms. The van der Waals surface area contributed by atoms with Gasteiger partial charge < -0.3 is 9.64 Å². The summed E-state index contributed by atoms with van der Waals surface area (Å²) in [6.07, 6.45) is 4.58. The average molecular weight is 492 g/mol. The Kier molecular flexibility index (Phi) is 6.90. The zero-order valence-corrected chi connectivity index (χ0v) is 20.6. The Labute approximate surface area is 209 Å². The Morgan fingerprint density at radius 3 is 2.57 bits per heavy atom. The highest BCUT2D eigenvalue weighted by Gasteiger charge is 2.57. The molecule has 0 unspecified atom stereocenters. The number of pyridine rings is 1. The zero-order valence-electron chi connectivity index (χ0n) is 19.8. The van der Waals surface area contributed by atoms with Crippen LogP contribution in [-0.4, -0.2) is 75.5 Å². The molecule has 8 nitrogen and oxygen atoms in total. The summed E-state index contributed by atoms with van der Waals surface area (Å²) in [5.74, 6) is -0.109. The summed E-state index contributed by atoms with van der Waals surface area (Å²) >= 11 is 1.66. The first-order chi connectivity index (χ1) is 17.1. The molecule has 0 aliphatic carbocycles. The third-order valence-corrected chi connectivity index (χ3v) is 7.70. The highest BCUT2D eigenvalue weighted by molar-refractivity contribution is 7.09. The number of hydrogen-bond donors (Lipinski definition) is 0. The van der Waals surface area contributed by atoms with Crippen molar-refractivity contribution in [2.75, 3.05) is 33.4 Å². The van der Waals surface area contributed by atoms with Gasteiger partial charge in [-0.1, -0.05) is 36.4 Å². The fourth-order valence-corrected chi connectivity index (χ4v) is 5.81. The number of amides is 3. The molecule has 5 rings (SSSR count). The van der Waals surface area contributed by atoms with Gasteiger partial charge >= 0.3 is 6.03 Å². The molecule has 182 valence electrons. The van der Waals surface area contributed by atoms with E-state index in [0.29, 0.717) is 26.0 Å². The molecule has 3 amide bonds. The van der Waals surface area contributed by atoms with Gasteiger partial charge in [-0.15, -0.1) is 11.3 Å². The minimum Gasteiger partial charge on any atom is -0.383 e. The predicted octanol–water partition coefficient (Wildman–Crippen LogP) is 3.65. The van der Waals surface area contributed by atoms with Crippen molar-refractivity contribution < 1.29 is 14.3 Å². The van der Waals surface area contributed by atoms with Crippen molar-refractivity contribution in [1.82, 2.24) is 24.7 Å². The van der Waals surface area contributed by atoms with Crippen LogP contribution in [0.25, 0.3) is 11.3 Å². The second kappa shape index (κ2) is 10.2. The number of likely N-dealkylation sites (tertiary alicyclic amines) is 1. The zero-order chi connectivity index (χ0) is 24.3. The smallest absolute Gasteiger partial charge is 0.328 e. The maximum atomic E-state index is 13.7. The normalized spacial score (nSPS) is 18.1. The number of nitrogens with zero attached hydrogens (tertiary/aromatic N) is 5. The van der Waals surface area contributed by atoms with Crippen molar-refractivity contribution in [2.24, 2.45) is 0 Å². The lowest BCUT2D eigenvalue weighted by Crippen LogP contribution is -2.57. The molecule has 35 heavy (non-hydrogen) atoms. The van der Waals surface area contributed by atoms with Gasteiger partial charge in [-0.2, -0.15) is 0 Å². The van der Waals surface area contributed by atoms with Gasteiger partial charge in [0, 0.05) is 50.1 Å². The Balaban J connectivity index is 1.28.